The van der Waals surface area contributed by atoms with Crippen LogP contribution in [0.4, 0.5) is 18.0 Å². The van der Waals surface area contributed by atoms with Gasteiger partial charge >= 0.3 is 12.2 Å². The van der Waals surface area contributed by atoms with Crippen molar-refractivity contribution >= 4 is 6.03 Å². The lowest BCUT2D eigenvalue weighted by Crippen LogP contribution is -2.56. The van der Waals surface area contributed by atoms with Gasteiger partial charge in [0.25, 0.3) is 0 Å². The number of benzene rings is 1. The van der Waals surface area contributed by atoms with Crippen LogP contribution in [0.15, 0.2) is 24.3 Å². The fraction of sp³-hybridized carbons (Fsp3) is 0.562. The summed E-state index contributed by atoms with van der Waals surface area (Å²) in [6.07, 6.45) is -5.18. The molecule has 1 aliphatic rings. The number of halogens is 3. The first-order valence-electron chi connectivity index (χ1n) is 7.73. The van der Waals surface area contributed by atoms with Gasteiger partial charge in [0.15, 0.2) is 5.60 Å². The molecule has 5 nitrogen and oxygen atoms in total. The van der Waals surface area contributed by atoms with E-state index < -0.39 is 30.7 Å². The van der Waals surface area contributed by atoms with Crippen molar-refractivity contribution in [3.05, 3.63) is 29.8 Å². The smallest absolute Gasteiger partial charge is 0.417 e. The number of hydrogen-bond donors (Lipinski definition) is 3. The zero-order valence-electron chi connectivity index (χ0n) is 13.3. The summed E-state index contributed by atoms with van der Waals surface area (Å²) in [6.45, 7) is 1.50. The van der Waals surface area contributed by atoms with Gasteiger partial charge in [0.2, 0.25) is 0 Å². The first-order valence-corrected chi connectivity index (χ1v) is 7.73. The molecule has 1 aromatic rings. The topological polar surface area (TPSA) is 72.8 Å². The monoisotopic (exact) mass is 346 g/mol. The number of nitrogens with one attached hydrogen (secondary N) is 1. The van der Waals surface area contributed by atoms with Crippen LogP contribution in [0.3, 0.4) is 0 Å². The predicted molar refractivity (Wildman–Crippen MR) is 81.6 cm³/mol. The number of carbonyl (C=O) groups is 1. The summed E-state index contributed by atoms with van der Waals surface area (Å²) in [5.74, 6) is 0.154. The number of carbonyl (C=O) groups excluding carboxylic acids is 1. The summed E-state index contributed by atoms with van der Waals surface area (Å²) in [5.41, 5.74) is -1.78. The average molecular weight is 346 g/mol. The Morgan fingerprint density at radius 3 is 2.33 bits per heavy atom. The van der Waals surface area contributed by atoms with Gasteiger partial charge in [0.1, 0.15) is 5.75 Å². The molecule has 0 bridgehead atoms. The second-order valence-electron chi connectivity index (χ2n) is 6.24. The molecule has 2 amide bonds. The van der Waals surface area contributed by atoms with Crippen molar-refractivity contribution < 1.29 is 28.2 Å². The summed E-state index contributed by atoms with van der Waals surface area (Å²) in [6, 6.07) is 5.92. The van der Waals surface area contributed by atoms with Gasteiger partial charge in [-0.15, -0.1) is 0 Å². The Bertz CT molecular complexity index is 567. The lowest BCUT2D eigenvalue weighted by molar-refractivity contribution is -0.271. The number of amides is 2. The molecule has 1 unspecified atom stereocenters. The van der Waals surface area contributed by atoms with Crippen molar-refractivity contribution in [2.24, 2.45) is 0 Å². The number of aromatic hydroxyl groups is 1. The number of hydrogen-bond acceptors (Lipinski definition) is 3. The minimum absolute atomic E-state index is 0.145. The molecular weight excluding hydrogens is 325 g/mol. The summed E-state index contributed by atoms with van der Waals surface area (Å²) >= 11 is 0. The Hall–Kier alpha value is -1.96. The van der Waals surface area contributed by atoms with E-state index in [0.717, 1.165) is 5.56 Å². The molecule has 0 aliphatic carbocycles. The van der Waals surface area contributed by atoms with Crippen molar-refractivity contribution in [1.82, 2.24) is 10.2 Å². The zero-order chi connectivity index (χ0) is 18.0. The Balaban J connectivity index is 1.84. The lowest BCUT2D eigenvalue weighted by atomic mass is 9.91. The van der Waals surface area contributed by atoms with Gasteiger partial charge in [-0.2, -0.15) is 13.2 Å². The normalized spacial score (nSPS) is 19.0. The van der Waals surface area contributed by atoms with Crippen molar-refractivity contribution in [3.63, 3.8) is 0 Å². The Labute approximate surface area is 138 Å². The molecule has 0 saturated carbocycles. The van der Waals surface area contributed by atoms with Gasteiger partial charge in [-0.3, -0.25) is 0 Å². The highest BCUT2D eigenvalue weighted by Gasteiger charge is 2.54. The highest BCUT2D eigenvalue weighted by Crippen LogP contribution is 2.38. The van der Waals surface area contributed by atoms with E-state index in [2.05, 4.69) is 5.32 Å². The molecule has 1 saturated heterocycles. The quantitative estimate of drug-likeness (QED) is 0.787. The molecule has 1 fully saturated rings. The molecule has 2 rings (SSSR count). The van der Waals surface area contributed by atoms with Crippen LogP contribution in [0.5, 0.6) is 5.75 Å². The number of likely N-dealkylation sites (tertiary alicyclic amines) is 1. The molecule has 0 aromatic heterocycles. The number of piperidine rings is 1. The Morgan fingerprint density at radius 2 is 1.83 bits per heavy atom. The van der Waals surface area contributed by atoms with Crippen molar-refractivity contribution in [3.8, 4) is 5.75 Å². The van der Waals surface area contributed by atoms with E-state index in [9.17, 15) is 28.2 Å². The minimum Gasteiger partial charge on any atom is -0.508 e. The van der Waals surface area contributed by atoms with Gasteiger partial charge < -0.3 is 20.4 Å². The fourth-order valence-corrected chi connectivity index (χ4v) is 2.70. The third kappa shape index (κ3) is 4.31. The standard InChI is InChI=1S/C16H21F3N2O3/c1-11(10-12-2-4-13(22)5-3-12)20-14(23)21-8-6-15(24,7-9-21)16(17,18)19/h2-5,11,22,24H,6-10H2,1H3,(H,20,23). The maximum absolute atomic E-state index is 12.7. The van der Waals surface area contributed by atoms with Crippen molar-refractivity contribution in [2.45, 2.75) is 44.0 Å². The third-order valence-corrected chi connectivity index (χ3v) is 4.25. The number of aliphatic hydroxyl groups is 1. The molecule has 24 heavy (non-hydrogen) atoms. The molecule has 8 heteroatoms. The average Bonchev–Trinajstić information content (AvgIpc) is 2.49. The minimum atomic E-state index is -4.68. The summed E-state index contributed by atoms with van der Waals surface area (Å²) < 4.78 is 38.2. The van der Waals surface area contributed by atoms with Crippen LogP contribution in [-0.2, 0) is 6.42 Å². The number of phenols is 1. The van der Waals surface area contributed by atoms with E-state index in [1.165, 1.54) is 4.90 Å². The summed E-state index contributed by atoms with van der Waals surface area (Å²) in [4.78, 5) is 13.4. The van der Waals surface area contributed by atoms with Crippen LogP contribution in [0.1, 0.15) is 25.3 Å². The molecule has 0 radical (unpaired) electrons. The van der Waals surface area contributed by atoms with Gasteiger partial charge in [-0.05, 0) is 31.0 Å². The first kappa shape index (κ1) is 18.4. The second-order valence-corrected chi connectivity index (χ2v) is 6.24. The third-order valence-electron chi connectivity index (χ3n) is 4.25. The van der Waals surface area contributed by atoms with Crippen molar-refractivity contribution in [2.75, 3.05) is 13.1 Å². The molecule has 1 aromatic carbocycles. The van der Waals surface area contributed by atoms with Gasteiger partial charge in [0.05, 0.1) is 0 Å². The van der Waals surface area contributed by atoms with Gasteiger partial charge in [-0.25, -0.2) is 4.79 Å². The maximum atomic E-state index is 12.7. The Morgan fingerprint density at radius 1 is 1.29 bits per heavy atom. The first-order chi connectivity index (χ1) is 11.1. The van der Waals surface area contributed by atoms with E-state index in [4.69, 9.17) is 0 Å². The molecule has 3 N–H and O–H groups in total. The summed E-state index contributed by atoms with van der Waals surface area (Å²) in [7, 11) is 0. The molecular formula is C16H21F3N2O3. The predicted octanol–water partition coefficient (Wildman–Crippen LogP) is 2.42. The van der Waals surface area contributed by atoms with Gasteiger partial charge in [-0.1, -0.05) is 12.1 Å². The summed E-state index contributed by atoms with van der Waals surface area (Å²) in [5, 5.41) is 21.6. The lowest BCUT2D eigenvalue weighted by Gasteiger charge is -2.39. The highest BCUT2D eigenvalue weighted by atomic mass is 19.4. The van der Waals surface area contributed by atoms with E-state index >= 15 is 0 Å². The number of alkyl halides is 3. The highest BCUT2D eigenvalue weighted by molar-refractivity contribution is 5.74. The zero-order valence-corrected chi connectivity index (χ0v) is 13.3. The Kier molecular flexibility index (Phi) is 5.27. The van der Waals surface area contributed by atoms with E-state index in [0.29, 0.717) is 6.42 Å². The fourth-order valence-electron chi connectivity index (χ4n) is 2.70. The van der Waals surface area contributed by atoms with E-state index in [1.54, 1.807) is 31.2 Å². The number of rotatable bonds is 3. The number of nitrogens with zero attached hydrogens (tertiary/aromatic N) is 1. The van der Waals surface area contributed by atoms with Crippen molar-refractivity contribution in [1.29, 1.82) is 0 Å². The van der Waals surface area contributed by atoms with E-state index in [1.807, 2.05) is 0 Å². The molecule has 1 atom stereocenters. The van der Waals surface area contributed by atoms with Crippen LogP contribution in [0, 0.1) is 0 Å². The largest absolute Gasteiger partial charge is 0.508 e. The van der Waals surface area contributed by atoms with Crippen LogP contribution in [-0.4, -0.2) is 52.1 Å². The van der Waals surface area contributed by atoms with Gasteiger partial charge in [0, 0.05) is 32.0 Å². The van der Waals surface area contributed by atoms with E-state index in [-0.39, 0.29) is 24.9 Å². The molecule has 1 aliphatic heterocycles. The van der Waals surface area contributed by atoms with Crippen LogP contribution in [0.25, 0.3) is 0 Å². The molecule has 134 valence electrons. The number of urea groups is 1. The molecule has 1 heterocycles. The molecule has 0 spiro atoms. The number of phenolic OH excluding ortho intramolecular Hbond substituents is 1. The van der Waals surface area contributed by atoms with Crippen LogP contribution in [0.2, 0.25) is 0 Å². The second kappa shape index (κ2) is 6.88. The SMILES string of the molecule is CC(Cc1ccc(O)cc1)NC(=O)N1CCC(O)(C(F)(F)F)CC1. The van der Waals surface area contributed by atoms with Crippen LogP contribution < -0.4 is 5.32 Å². The maximum Gasteiger partial charge on any atom is 0.417 e. The van der Waals surface area contributed by atoms with Crippen LogP contribution >= 0.6 is 0 Å².